The Bertz CT molecular complexity index is 876. The predicted molar refractivity (Wildman–Crippen MR) is 97.8 cm³/mol. The molecule has 1 N–H and O–H groups in total. The maximum Gasteiger partial charge on any atom is 0.257 e. The second kappa shape index (κ2) is 6.91. The van der Waals surface area contributed by atoms with Crippen LogP contribution in [0.25, 0.3) is 22.7 Å². The maximum absolute atomic E-state index is 13.1. The van der Waals surface area contributed by atoms with E-state index in [2.05, 4.69) is 9.97 Å². The van der Waals surface area contributed by atoms with Crippen molar-refractivity contribution in [1.82, 2.24) is 14.9 Å². The second-order valence-corrected chi connectivity index (χ2v) is 5.98. The fourth-order valence-corrected chi connectivity index (χ4v) is 2.96. The highest BCUT2D eigenvalue weighted by molar-refractivity contribution is 6.23. The minimum Gasteiger partial charge on any atom is -0.378 e. The summed E-state index contributed by atoms with van der Waals surface area (Å²) in [6.07, 6.45) is 1.90. The molecule has 0 radical (unpaired) electrons. The molecular formula is C20H19N3O2. The molecule has 0 saturated carbocycles. The molecule has 25 heavy (non-hydrogen) atoms. The zero-order chi connectivity index (χ0) is 17.1. The highest BCUT2D eigenvalue weighted by Crippen LogP contribution is 2.22. The lowest BCUT2D eigenvalue weighted by Gasteiger charge is -2.27. The van der Waals surface area contributed by atoms with Crippen molar-refractivity contribution in [3.8, 4) is 0 Å². The van der Waals surface area contributed by atoms with Crippen molar-refractivity contribution in [3.63, 3.8) is 0 Å². The van der Waals surface area contributed by atoms with Crippen LogP contribution in [0, 0.1) is 0 Å². The Balaban J connectivity index is 1.77. The molecule has 1 fully saturated rings. The molecule has 4 rings (SSSR count). The Kier molecular flexibility index (Phi) is 4.31. The number of benzene rings is 2. The monoisotopic (exact) mass is 333 g/mol. The van der Waals surface area contributed by atoms with E-state index in [4.69, 9.17) is 4.74 Å². The molecule has 2 heterocycles. The van der Waals surface area contributed by atoms with Crippen molar-refractivity contribution in [2.75, 3.05) is 26.3 Å². The maximum atomic E-state index is 13.1. The van der Waals surface area contributed by atoms with Gasteiger partial charge in [0.25, 0.3) is 5.91 Å². The summed E-state index contributed by atoms with van der Waals surface area (Å²) in [6, 6.07) is 17.6. The van der Waals surface area contributed by atoms with Gasteiger partial charge in [0.1, 0.15) is 5.82 Å². The van der Waals surface area contributed by atoms with Crippen LogP contribution in [-0.4, -0.2) is 47.1 Å². The van der Waals surface area contributed by atoms with Crippen LogP contribution in [0.5, 0.6) is 0 Å². The number of nitrogens with zero attached hydrogens (tertiary/aromatic N) is 2. The molecule has 1 aliphatic heterocycles. The van der Waals surface area contributed by atoms with E-state index in [1.165, 1.54) is 0 Å². The molecule has 126 valence electrons. The summed E-state index contributed by atoms with van der Waals surface area (Å²) < 4.78 is 5.36. The van der Waals surface area contributed by atoms with Crippen LogP contribution >= 0.6 is 0 Å². The Labute approximate surface area is 145 Å². The number of imidazole rings is 1. The van der Waals surface area contributed by atoms with Gasteiger partial charge in [-0.1, -0.05) is 42.5 Å². The number of H-pyrrole nitrogens is 1. The Morgan fingerprint density at radius 1 is 1.04 bits per heavy atom. The average Bonchev–Trinajstić information content (AvgIpc) is 3.11. The van der Waals surface area contributed by atoms with Crippen molar-refractivity contribution >= 4 is 28.6 Å². The number of hydrogen-bond donors (Lipinski definition) is 1. The molecule has 1 aliphatic rings. The van der Waals surface area contributed by atoms with E-state index in [0.29, 0.717) is 37.7 Å². The fraction of sp³-hybridized carbons (Fsp3) is 0.200. The first-order chi connectivity index (χ1) is 12.3. The largest absolute Gasteiger partial charge is 0.378 e. The van der Waals surface area contributed by atoms with Gasteiger partial charge in [-0.25, -0.2) is 4.98 Å². The number of nitrogens with one attached hydrogen (secondary N) is 1. The number of ether oxygens (including phenoxy) is 1. The SMILES string of the molecule is O=C(C(=Cc1ccccc1)c1nc2ccccc2[nH]1)N1CCOCC1. The quantitative estimate of drug-likeness (QED) is 0.750. The number of para-hydroxylation sites is 2. The lowest BCUT2D eigenvalue weighted by Crippen LogP contribution is -2.41. The van der Waals surface area contributed by atoms with Gasteiger partial charge in [0.05, 0.1) is 29.8 Å². The van der Waals surface area contributed by atoms with Crippen LogP contribution in [0.15, 0.2) is 54.6 Å². The van der Waals surface area contributed by atoms with E-state index in [0.717, 1.165) is 16.6 Å². The zero-order valence-corrected chi connectivity index (χ0v) is 13.8. The van der Waals surface area contributed by atoms with E-state index in [-0.39, 0.29) is 5.91 Å². The summed E-state index contributed by atoms with van der Waals surface area (Å²) in [5, 5.41) is 0. The van der Waals surface area contributed by atoms with Crippen LogP contribution in [0.1, 0.15) is 11.4 Å². The standard InChI is InChI=1S/C20H19N3O2/c24-20(23-10-12-25-13-11-23)16(14-15-6-2-1-3-7-15)19-21-17-8-4-5-9-18(17)22-19/h1-9,14H,10-13H2,(H,21,22). The average molecular weight is 333 g/mol. The third-order valence-electron chi connectivity index (χ3n) is 4.28. The smallest absolute Gasteiger partial charge is 0.257 e. The van der Waals surface area contributed by atoms with Gasteiger partial charge in [0.15, 0.2) is 0 Å². The highest BCUT2D eigenvalue weighted by Gasteiger charge is 2.24. The molecule has 0 unspecified atom stereocenters. The van der Waals surface area contributed by atoms with Crippen molar-refractivity contribution in [2.45, 2.75) is 0 Å². The van der Waals surface area contributed by atoms with Gasteiger partial charge >= 0.3 is 0 Å². The van der Waals surface area contributed by atoms with Gasteiger partial charge in [-0.3, -0.25) is 4.79 Å². The number of carbonyl (C=O) groups excluding carboxylic acids is 1. The van der Waals surface area contributed by atoms with E-state index in [1.54, 1.807) is 0 Å². The molecule has 0 spiro atoms. The second-order valence-electron chi connectivity index (χ2n) is 5.98. The van der Waals surface area contributed by atoms with Crippen LogP contribution < -0.4 is 0 Å². The first kappa shape index (κ1) is 15.6. The number of hydrogen-bond acceptors (Lipinski definition) is 3. The molecule has 1 aromatic heterocycles. The predicted octanol–water partition coefficient (Wildman–Crippen LogP) is 2.96. The van der Waals surface area contributed by atoms with Crippen molar-refractivity contribution in [1.29, 1.82) is 0 Å². The normalized spacial score (nSPS) is 15.5. The summed E-state index contributed by atoms with van der Waals surface area (Å²) in [4.78, 5) is 22.8. The van der Waals surface area contributed by atoms with Crippen LogP contribution in [0.4, 0.5) is 0 Å². The number of fused-ring (bicyclic) bond motifs is 1. The van der Waals surface area contributed by atoms with Gasteiger partial charge in [0, 0.05) is 13.1 Å². The van der Waals surface area contributed by atoms with Crippen LogP contribution in [-0.2, 0) is 9.53 Å². The van der Waals surface area contributed by atoms with Gasteiger partial charge in [-0.15, -0.1) is 0 Å². The fourth-order valence-electron chi connectivity index (χ4n) is 2.96. The first-order valence-corrected chi connectivity index (χ1v) is 8.40. The molecule has 5 heteroatoms. The zero-order valence-electron chi connectivity index (χ0n) is 13.8. The topological polar surface area (TPSA) is 58.2 Å². The van der Waals surface area contributed by atoms with E-state index in [9.17, 15) is 4.79 Å². The summed E-state index contributed by atoms with van der Waals surface area (Å²) >= 11 is 0. The van der Waals surface area contributed by atoms with Crippen molar-refractivity contribution in [3.05, 3.63) is 66.0 Å². The molecule has 1 saturated heterocycles. The molecule has 5 nitrogen and oxygen atoms in total. The first-order valence-electron chi connectivity index (χ1n) is 8.40. The summed E-state index contributed by atoms with van der Waals surface area (Å²) in [7, 11) is 0. The third-order valence-corrected chi connectivity index (χ3v) is 4.28. The van der Waals surface area contributed by atoms with Gasteiger partial charge in [-0.05, 0) is 23.8 Å². The van der Waals surface area contributed by atoms with E-state index < -0.39 is 0 Å². The van der Waals surface area contributed by atoms with Crippen LogP contribution in [0.2, 0.25) is 0 Å². The van der Waals surface area contributed by atoms with E-state index in [1.807, 2.05) is 65.6 Å². The highest BCUT2D eigenvalue weighted by atomic mass is 16.5. The summed E-state index contributed by atoms with van der Waals surface area (Å²) in [5.74, 6) is 0.577. The summed E-state index contributed by atoms with van der Waals surface area (Å²) in [5.41, 5.74) is 3.32. The number of morpholine rings is 1. The number of aromatic amines is 1. The Hall–Kier alpha value is -2.92. The molecule has 1 amide bonds. The minimum absolute atomic E-state index is 0.0220. The van der Waals surface area contributed by atoms with Crippen molar-refractivity contribution < 1.29 is 9.53 Å². The lowest BCUT2D eigenvalue weighted by molar-refractivity contribution is -0.128. The molecule has 3 aromatic rings. The molecule has 2 aromatic carbocycles. The van der Waals surface area contributed by atoms with Gasteiger partial charge in [0.2, 0.25) is 0 Å². The number of carbonyl (C=O) groups is 1. The Morgan fingerprint density at radius 2 is 1.76 bits per heavy atom. The van der Waals surface area contributed by atoms with Gasteiger partial charge in [-0.2, -0.15) is 0 Å². The number of amides is 1. The molecule has 0 bridgehead atoms. The molecule has 0 atom stereocenters. The third kappa shape index (κ3) is 3.32. The minimum atomic E-state index is -0.0220. The Morgan fingerprint density at radius 3 is 2.52 bits per heavy atom. The van der Waals surface area contributed by atoms with Gasteiger partial charge < -0.3 is 14.6 Å². The molecular weight excluding hydrogens is 314 g/mol. The van der Waals surface area contributed by atoms with Crippen LogP contribution in [0.3, 0.4) is 0 Å². The number of rotatable bonds is 3. The number of aromatic nitrogens is 2. The molecule has 0 aliphatic carbocycles. The van der Waals surface area contributed by atoms with Crippen molar-refractivity contribution in [2.24, 2.45) is 0 Å². The lowest BCUT2D eigenvalue weighted by atomic mass is 10.1. The van der Waals surface area contributed by atoms with E-state index >= 15 is 0 Å². The summed E-state index contributed by atoms with van der Waals surface area (Å²) in [6.45, 7) is 2.35.